The topological polar surface area (TPSA) is 67.6 Å². The van der Waals surface area contributed by atoms with Gasteiger partial charge in [0, 0.05) is 24.5 Å². The van der Waals surface area contributed by atoms with Gasteiger partial charge in [0.05, 0.1) is 19.3 Å². The first kappa shape index (κ1) is 12.4. The van der Waals surface area contributed by atoms with Crippen molar-refractivity contribution >= 4 is 17.3 Å². The number of amides is 1. The van der Waals surface area contributed by atoms with E-state index in [2.05, 4.69) is 10.2 Å². The fourth-order valence-corrected chi connectivity index (χ4v) is 2.81. The zero-order valence-electron chi connectivity index (χ0n) is 10.9. The van der Waals surface area contributed by atoms with Crippen LogP contribution >= 0.6 is 0 Å². The Balaban J connectivity index is 1.79. The van der Waals surface area contributed by atoms with Crippen LogP contribution in [0, 0.1) is 0 Å². The summed E-state index contributed by atoms with van der Waals surface area (Å²) in [5, 5.41) is 3.01. The number of carbonyl (C=O) groups is 1. The van der Waals surface area contributed by atoms with E-state index in [1.807, 2.05) is 18.2 Å². The molecular weight excluding hydrogens is 242 g/mol. The summed E-state index contributed by atoms with van der Waals surface area (Å²) in [6.45, 7) is 3.08. The first-order valence-electron chi connectivity index (χ1n) is 6.75. The Labute approximate surface area is 112 Å². The highest BCUT2D eigenvalue weighted by Crippen LogP contribution is 2.26. The summed E-state index contributed by atoms with van der Waals surface area (Å²) in [5.74, 6) is 0.0752. The molecule has 102 valence electrons. The lowest BCUT2D eigenvalue weighted by molar-refractivity contribution is -0.123. The molecule has 1 fully saturated rings. The molecule has 19 heavy (non-hydrogen) atoms. The molecule has 0 aliphatic carbocycles. The highest BCUT2D eigenvalue weighted by Gasteiger charge is 2.29. The highest BCUT2D eigenvalue weighted by atomic mass is 16.5. The van der Waals surface area contributed by atoms with Gasteiger partial charge in [-0.2, -0.15) is 0 Å². The van der Waals surface area contributed by atoms with Crippen molar-refractivity contribution in [3.8, 4) is 0 Å². The maximum Gasteiger partial charge on any atom is 0.241 e. The largest absolute Gasteiger partial charge is 0.399 e. The number of anilines is 2. The van der Waals surface area contributed by atoms with E-state index < -0.39 is 0 Å². The number of nitrogens with two attached hydrogens (primary N) is 1. The van der Waals surface area contributed by atoms with Crippen LogP contribution in [0.4, 0.5) is 11.4 Å². The van der Waals surface area contributed by atoms with Crippen molar-refractivity contribution in [3.63, 3.8) is 0 Å². The fraction of sp³-hybridized carbons (Fsp3) is 0.500. The van der Waals surface area contributed by atoms with E-state index in [0.29, 0.717) is 18.9 Å². The van der Waals surface area contributed by atoms with Crippen molar-refractivity contribution in [2.75, 3.05) is 37.4 Å². The van der Waals surface area contributed by atoms with Crippen molar-refractivity contribution in [3.05, 3.63) is 23.8 Å². The number of nitrogens with zero attached hydrogens (tertiary/aromatic N) is 1. The zero-order valence-corrected chi connectivity index (χ0v) is 10.9. The second-order valence-corrected chi connectivity index (χ2v) is 5.11. The molecule has 0 spiro atoms. The van der Waals surface area contributed by atoms with Crippen LogP contribution < -0.4 is 11.1 Å². The van der Waals surface area contributed by atoms with E-state index >= 15 is 0 Å². The molecule has 1 saturated heterocycles. The molecule has 5 heteroatoms. The summed E-state index contributed by atoms with van der Waals surface area (Å²) in [6.07, 6.45) is 1.75. The van der Waals surface area contributed by atoms with Crippen LogP contribution in [0.25, 0.3) is 0 Å². The minimum Gasteiger partial charge on any atom is -0.399 e. The molecule has 2 aliphatic heterocycles. The Morgan fingerprint density at radius 1 is 1.32 bits per heavy atom. The number of morpholine rings is 1. The monoisotopic (exact) mass is 261 g/mol. The summed E-state index contributed by atoms with van der Waals surface area (Å²) in [7, 11) is 0. The van der Waals surface area contributed by atoms with Crippen LogP contribution in [0.15, 0.2) is 18.2 Å². The smallest absolute Gasteiger partial charge is 0.241 e. The van der Waals surface area contributed by atoms with Crippen molar-refractivity contribution in [1.82, 2.24) is 4.90 Å². The Hall–Kier alpha value is -1.59. The van der Waals surface area contributed by atoms with Gasteiger partial charge in [-0.1, -0.05) is 6.07 Å². The quantitative estimate of drug-likeness (QED) is 0.736. The maximum absolute atomic E-state index is 12.4. The Kier molecular flexibility index (Phi) is 3.40. The molecule has 1 amide bonds. The summed E-state index contributed by atoms with van der Waals surface area (Å²) in [6, 6.07) is 5.68. The average molecular weight is 261 g/mol. The van der Waals surface area contributed by atoms with Crippen molar-refractivity contribution in [2.45, 2.75) is 18.9 Å². The molecular formula is C14H19N3O2. The van der Waals surface area contributed by atoms with E-state index in [1.165, 1.54) is 5.56 Å². The number of ether oxygens (including phenoxy) is 1. The lowest BCUT2D eigenvalue weighted by Gasteiger charge is -2.32. The predicted octanol–water partition coefficient (Wildman–Crippen LogP) is 0.854. The minimum atomic E-state index is -0.0578. The van der Waals surface area contributed by atoms with Gasteiger partial charge in [-0.05, 0) is 30.5 Å². The number of benzene rings is 1. The molecule has 1 aromatic carbocycles. The van der Waals surface area contributed by atoms with E-state index in [-0.39, 0.29) is 11.9 Å². The van der Waals surface area contributed by atoms with Gasteiger partial charge in [-0.15, -0.1) is 0 Å². The number of nitrogens with one attached hydrogen (secondary N) is 1. The van der Waals surface area contributed by atoms with Crippen molar-refractivity contribution < 1.29 is 9.53 Å². The van der Waals surface area contributed by atoms with Gasteiger partial charge in [-0.25, -0.2) is 0 Å². The van der Waals surface area contributed by atoms with Crippen molar-refractivity contribution in [2.24, 2.45) is 0 Å². The second kappa shape index (κ2) is 5.19. The predicted molar refractivity (Wildman–Crippen MR) is 74.0 cm³/mol. The molecule has 0 radical (unpaired) electrons. The van der Waals surface area contributed by atoms with Gasteiger partial charge in [0.2, 0.25) is 5.91 Å². The van der Waals surface area contributed by atoms with Crippen LogP contribution in [0.5, 0.6) is 0 Å². The molecule has 2 aliphatic rings. The molecule has 1 unspecified atom stereocenters. The minimum absolute atomic E-state index is 0.0578. The number of carbonyl (C=O) groups excluding carboxylic acids is 1. The van der Waals surface area contributed by atoms with Gasteiger partial charge in [0.25, 0.3) is 0 Å². The highest BCUT2D eigenvalue weighted by molar-refractivity contribution is 5.96. The van der Waals surface area contributed by atoms with Crippen LogP contribution in [0.1, 0.15) is 12.0 Å². The number of hydrogen-bond donors (Lipinski definition) is 2. The van der Waals surface area contributed by atoms with Crippen LogP contribution in [-0.4, -0.2) is 43.2 Å². The van der Waals surface area contributed by atoms with Gasteiger partial charge < -0.3 is 15.8 Å². The molecule has 1 aromatic rings. The summed E-state index contributed by atoms with van der Waals surface area (Å²) in [4.78, 5) is 14.6. The van der Waals surface area contributed by atoms with E-state index in [0.717, 1.165) is 31.6 Å². The van der Waals surface area contributed by atoms with Gasteiger partial charge in [-0.3, -0.25) is 9.69 Å². The molecule has 5 nitrogen and oxygen atoms in total. The number of fused-ring (bicyclic) bond motifs is 1. The van der Waals surface area contributed by atoms with E-state index in [1.54, 1.807) is 0 Å². The third kappa shape index (κ3) is 2.57. The van der Waals surface area contributed by atoms with Crippen LogP contribution in [0.2, 0.25) is 0 Å². The molecule has 3 N–H and O–H groups in total. The molecule has 0 bridgehead atoms. The number of rotatable bonds is 1. The SMILES string of the molecule is Nc1ccc2c(c1)NC(=O)C(N1CCOCC1)CC2. The molecule has 3 rings (SSSR count). The molecule has 2 heterocycles. The van der Waals surface area contributed by atoms with E-state index in [4.69, 9.17) is 10.5 Å². The van der Waals surface area contributed by atoms with Crippen LogP contribution in [-0.2, 0) is 16.0 Å². The van der Waals surface area contributed by atoms with E-state index in [9.17, 15) is 4.79 Å². The lowest BCUT2D eigenvalue weighted by atomic mass is 10.0. The first-order chi connectivity index (χ1) is 9.24. The third-order valence-electron chi connectivity index (χ3n) is 3.87. The number of nitrogen functional groups attached to an aromatic ring is 1. The fourth-order valence-electron chi connectivity index (χ4n) is 2.81. The molecule has 1 atom stereocenters. The van der Waals surface area contributed by atoms with Gasteiger partial charge in [0.1, 0.15) is 0 Å². The summed E-state index contributed by atoms with van der Waals surface area (Å²) < 4.78 is 5.34. The Bertz CT molecular complexity index is 484. The normalized spacial score (nSPS) is 24.4. The standard InChI is InChI=1S/C14H19N3O2/c15-11-3-1-10-2-4-13(14(18)16-12(10)9-11)17-5-7-19-8-6-17/h1,3,9,13H,2,4-8,15H2,(H,16,18). The number of aryl methyl sites for hydroxylation is 1. The van der Waals surface area contributed by atoms with Gasteiger partial charge in [0.15, 0.2) is 0 Å². The summed E-state index contributed by atoms with van der Waals surface area (Å²) >= 11 is 0. The first-order valence-corrected chi connectivity index (χ1v) is 6.75. The second-order valence-electron chi connectivity index (χ2n) is 5.11. The zero-order chi connectivity index (χ0) is 13.2. The van der Waals surface area contributed by atoms with Crippen LogP contribution in [0.3, 0.4) is 0 Å². The number of hydrogen-bond acceptors (Lipinski definition) is 4. The molecule has 0 aromatic heterocycles. The van der Waals surface area contributed by atoms with Crippen molar-refractivity contribution in [1.29, 1.82) is 0 Å². The van der Waals surface area contributed by atoms with Gasteiger partial charge >= 0.3 is 0 Å². The maximum atomic E-state index is 12.4. The Morgan fingerprint density at radius 3 is 2.89 bits per heavy atom. The molecule has 0 saturated carbocycles. The average Bonchev–Trinajstić information content (AvgIpc) is 2.57. The third-order valence-corrected chi connectivity index (χ3v) is 3.87. The Morgan fingerprint density at radius 2 is 2.11 bits per heavy atom. The lowest BCUT2D eigenvalue weighted by Crippen LogP contribution is -2.48. The summed E-state index contributed by atoms with van der Waals surface area (Å²) in [5.41, 5.74) is 8.49.